The van der Waals surface area contributed by atoms with E-state index < -0.39 is 0 Å². The van der Waals surface area contributed by atoms with E-state index in [1.54, 1.807) is 40.7 Å². The average molecular weight is 355 g/mol. The molecule has 25 heavy (non-hydrogen) atoms. The predicted molar refractivity (Wildman–Crippen MR) is 94.0 cm³/mol. The minimum Gasteiger partial charge on any atom is -0.467 e. The third kappa shape index (κ3) is 3.53. The summed E-state index contributed by atoms with van der Waals surface area (Å²) in [6, 6.07) is 13.1. The molecule has 128 valence electrons. The molecule has 0 fully saturated rings. The molecule has 0 bridgehead atoms. The van der Waals surface area contributed by atoms with Gasteiger partial charge in [0.1, 0.15) is 5.76 Å². The lowest BCUT2D eigenvalue weighted by Gasteiger charge is -2.21. The van der Waals surface area contributed by atoms with Crippen molar-refractivity contribution in [2.24, 2.45) is 0 Å². The van der Waals surface area contributed by atoms with Crippen molar-refractivity contribution in [3.63, 3.8) is 0 Å². The van der Waals surface area contributed by atoms with Crippen LogP contribution in [0.25, 0.3) is 0 Å². The number of furan rings is 1. The highest BCUT2D eigenvalue weighted by molar-refractivity contribution is 7.09. The second kappa shape index (κ2) is 7.03. The highest BCUT2D eigenvalue weighted by Gasteiger charge is 2.21. The average Bonchev–Trinajstić information content (AvgIpc) is 3.39. The van der Waals surface area contributed by atoms with Crippen LogP contribution in [-0.4, -0.2) is 24.1 Å². The lowest BCUT2D eigenvalue weighted by Crippen LogP contribution is -2.32. The Balaban J connectivity index is 1.54. The monoisotopic (exact) mass is 355 g/mol. The smallest absolute Gasteiger partial charge is 0.254 e. The molecule has 6 heteroatoms. The third-order valence-electron chi connectivity index (χ3n) is 4.04. The van der Waals surface area contributed by atoms with Gasteiger partial charge in [0.25, 0.3) is 5.91 Å². The summed E-state index contributed by atoms with van der Waals surface area (Å²) in [6.07, 6.45) is 2.44. The molecule has 3 heterocycles. The zero-order chi connectivity index (χ0) is 17.1. The highest BCUT2D eigenvalue weighted by atomic mass is 32.1. The number of thiophene rings is 1. The maximum atomic E-state index is 13.0. The number of hydrogen-bond donors (Lipinski definition) is 0. The van der Waals surface area contributed by atoms with Crippen molar-refractivity contribution in [3.8, 4) is 11.5 Å². The van der Waals surface area contributed by atoms with E-state index in [1.807, 2.05) is 23.6 Å². The summed E-state index contributed by atoms with van der Waals surface area (Å²) in [6.45, 7) is 1.25. The zero-order valence-corrected chi connectivity index (χ0v) is 14.3. The number of benzene rings is 1. The molecule has 0 atom stereocenters. The van der Waals surface area contributed by atoms with Gasteiger partial charge in [-0.05, 0) is 48.2 Å². The van der Waals surface area contributed by atoms with E-state index in [-0.39, 0.29) is 12.7 Å². The van der Waals surface area contributed by atoms with Crippen molar-refractivity contribution in [3.05, 3.63) is 70.3 Å². The van der Waals surface area contributed by atoms with Gasteiger partial charge in [-0.2, -0.15) is 0 Å². The Morgan fingerprint density at radius 3 is 2.84 bits per heavy atom. The lowest BCUT2D eigenvalue weighted by molar-refractivity contribution is 0.0733. The van der Waals surface area contributed by atoms with E-state index in [9.17, 15) is 4.79 Å². The maximum absolute atomic E-state index is 13.0. The molecule has 0 radical (unpaired) electrons. The van der Waals surface area contributed by atoms with Gasteiger partial charge in [0.2, 0.25) is 6.79 Å². The van der Waals surface area contributed by atoms with Crippen LogP contribution in [0.1, 0.15) is 21.0 Å². The lowest BCUT2D eigenvalue weighted by atomic mass is 10.1. The Morgan fingerprint density at radius 1 is 1.12 bits per heavy atom. The van der Waals surface area contributed by atoms with Gasteiger partial charge in [-0.3, -0.25) is 4.79 Å². The molecule has 1 aliphatic rings. The van der Waals surface area contributed by atoms with Crippen LogP contribution in [0.3, 0.4) is 0 Å². The first kappa shape index (κ1) is 15.8. The van der Waals surface area contributed by atoms with Crippen LogP contribution in [0.4, 0.5) is 0 Å². The summed E-state index contributed by atoms with van der Waals surface area (Å²) in [5.74, 6) is 2.00. The Morgan fingerprint density at radius 2 is 2.04 bits per heavy atom. The SMILES string of the molecule is O=C(c1ccc2c(c1)OCO2)N(CCc1cccs1)Cc1ccco1. The van der Waals surface area contributed by atoms with E-state index in [4.69, 9.17) is 13.9 Å². The Bertz CT molecular complexity index is 842. The molecule has 1 aromatic carbocycles. The molecule has 1 amide bonds. The van der Waals surface area contributed by atoms with Gasteiger partial charge >= 0.3 is 0 Å². The van der Waals surface area contributed by atoms with Crippen LogP contribution in [0.15, 0.2) is 58.5 Å². The molecule has 5 nitrogen and oxygen atoms in total. The first-order valence-corrected chi connectivity index (χ1v) is 8.91. The van der Waals surface area contributed by atoms with Crippen molar-refractivity contribution in [2.45, 2.75) is 13.0 Å². The summed E-state index contributed by atoms with van der Waals surface area (Å²) in [4.78, 5) is 16.1. The van der Waals surface area contributed by atoms with Crippen molar-refractivity contribution >= 4 is 17.2 Å². The van der Waals surface area contributed by atoms with E-state index in [1.165, 1.54) is 4.88 Å². The van der Waals surface area contributed by atoms with Gasteiger partial charge in [-0.25, -0.2) is 0 Å². The predicted octanol–water partition coefficient (Wildman–Crippen LogP) is 3.95. The second-order valence-electron chi connectivity index (χ2n) is 5.70. The van der Waals surface area contributed by atoms with Crippen LogP contribution in [-0.2, 0) is 13.0 Å². The topological polar surface area (TPSA) is 51.9 Å². The number of carbonyl (C=O) groups is 1. The van der Waals surface area contributed by atoms with Crippen molar-refractivity contribution in [2.75, 3.05) is 13.3 Å². The fraction of sp³-hybridized carbons (Fsp3) is 0.211. The van der Waals surface area contributed by atoms with Gasteiger partial charge in [-0.1, -0.05) is 6.07 Å². The number of carbonyl (C=O) groups excluding carboxylic acids is 1. The first-order chi connectivity index (χ1) is 12.3. The molecule has 0 saturated heterocycles. The Kier molecular flexibility index (Phi) is 4.43. The zero-order valence-electron chi connectivity index (χ0n) is 13.5. The summed E-state index contributed by atoms with van der Waals surface area (Å²) in [5, 5.41) is 2.05. The number of fused-ring (bicyclic) bond motifs is 1. The quantitative estimate of drug-likeness (QED) is 0.672. The second-order valence-corrected chi connectivity index (χ2v) is 6.74. The van der Waals surface area contributed by atoms with E-state index in [2.05, 4.69) is 6.07 Å². The molecule has 0 spiro atoms. The largest absolute Gasteiger partial charge is 0.467 e. The first-order valence-electron chi connectivity index (χ1n) is 8.03. The van der Waals surface area contributed by atoms with Crippen molar-refractivity contribution in [1.29, 1.82) is 0 Å². The molecule has 0 aliphatic carbocycles. The summed E-state index contributed by atoms with van der Waals surface area (Å²) in [5.41, 5.74) is 0.585. The van der Waals surface area contributed by atoms with Gasteiger partial charge < -0.3 is 18.8 Å². The summed E-state index contributed by atoms with van der Waals surface area (Å²) < 4.78 is 16.1. The molecule has 0 unspecified atom stereocenters. The fourth-order valence-electron chi connectivity index (χ4n) is 2.76. The Hall–Kier alpha value is -2.73. The van der Waals surface area contributed by atoms with Gasteiger partial charge in [0.05, 0.1) is 12.8 Å². The van der Waals surface area contributed by atoms with Gasteiger partial charge in [0, 0.05) is 17.0 Å². The molecule has 0 N–H and O–H groups in total. The van der Waals surface area contributed by atoms with Crippen LogP contribution < -0.4 is 9.47 Å². The number of ether oxygens (including phenoxy) is 2. The number of hydrogen-bond acceptors (Lipinski definition) is 5. The van der Waals surface area contributed by atoms with E-state index >= 15 is 0 Å². The van der Waals surface area contributed by atoms with E-state index in [0.717, 1.165) is 12.2 Å². The van der Waals surface area contributed by atoms with Crippen molar-refractivity contribution < 1.29 is 18.7 Å². The van der Waals surface area contributed by atoms with E-state index in [0.29, 0.717) is 30.2 Å². The highest BCUT2D eigenvalue weighted by Crippen LogP contribution is 2.33. The normalized spacial score (nSPS) is 12.3. The molecule has 4 rings (SSSR count). The van der Waals surface area contributed by atoms with Crippen LogP contribution >= 0.6 is 11.3 Å². The standard InChI is InChI=1S/C19H17NO4S/c21-19(14-5-6-17-18(11-14)24-13-23-17)20(12-15-3-1-9-22-15)8-7-16-4-2-10-25-16/h1-6,9-11H,7-8,12-13H2. The number of amides is 1. The van der Waals surface area contributed by atoms with Crippen molar-refractivity contribution in [1.82, 2.24) is 4.90 Å². The van der Waals surface area contributed by atoms with Gasteiger partial charge in [-0.15, -0.1) is 11.3 Å². The molecule has 3 aromatic rings. The minimum absolute atomic E-state index is 0.0498. The molecular weight excluding hydrogens is 338 g/mol. The molecule has 2 aromatic heterocycles. The fourth-order valence-corrected chi connectivity index (χ4v) is 3.45. The maximum Gasteiger partial charge on any atom is 0.254 e. The van der Waals surface area contributed by atoms with Crippen LogP contribution in [0.5, 0.6) is 11.5 Å². The molecular formula is C19H17NO4S. The minimum atomic E-state index is -0.0498. The molecule has 0 saturated carbocycles. The number of nitrogens with zero attached hydrogens (tertiary/aromatic N) is 1. The van der Waals surface area contributed by atoms with Gasteiger partial charge in [0.15, 0.2) is 11.5 Å². The van der Waals surface area contributed by atoms with Crippen LogP contribution in [0, 0.1) is 0 Å². The summed E-state index contributed by atoms with van der Waals surface area (Å²) in [7, 11) is 0. The Labute approximate surface area is 149 Å². The summed E-state index contributed by atoms with van der Waals surface area (Å²) >= 11 is 1.70. The third-order valence-corrected chi connectivity index (χ3v) is 4.98. The van der Waals surface area contributed by atoms with Crippen LogP contribution in [0.2, 0.25) is 0 Å². The molecule has 1 aliphatic heterocycles. The number of rotatable bonds is 6.